The van der Waals surface area contributed by atoms with Gasteiger partial charge in [-0.3, -0.25) is 4.98 Å². The Morgan fingerprint density at radius 1 is 1.25 bits per heavy atom. The molecule has 1 aromatic carbocycles. The van der Waals surface area contributed by atoms with Crippen LogP contribution >= 0.6 is 0 Å². The van der Waals surface area contributed by atoms with Crippen molar-refractivity contribution in [2.24, 2.45) is 0 Å². The molecule has 1 heterocycles. The van der Waals surface area contributed by atoms with Gasteiger partial charge in [-0.25, -0.2) is 0 Å². The van der Waals surface area contributed by atoms with Crippen molar-refractivity contribution in [3.63, 3.8) is 0 Å². The lowest BCUT2D eigenvalue weighted by Crippen LogP contribution is -1.95. The van der Waals surface area contributed by atoms with E-state index < -0.39 is 0 Å². The number of nitrogens with two attached hydrogens (primary N) is 1. The number of pyridine rings is 1. The zero-order valence-corrected chi connectivity index (χ0v) is 9.40. The predicted octanol–water partition coefficient (Wildman–Crippen LogP) is 2.65. The van der Waals surface area contributed by atoms with Gasteiger partial charge in [0.1, 0.15) is 5.75 Å². The molecule has 0 saturated carbocycles. The van der Waals surface area contributed by atoms with Crippen molar-refractivity contribution in [3.8, 4) is 17.0 Å². The molecule has 2 aromatic rings. The summed E-state index contributed by atoms with van der Waals surface area (Å²) < 4.78 is 5.31. The fraction of sp³-hybridized carbons (Fsp3) is 0.154. The second-order valence-corrected chi connectivity index (χ2v) is 3.64. The lowest BCUT2D eigenvalue weighted by atomic mass is 10.1. The fourth-order valence-electron chi connectivity index (χ4n) is 1.65. The summed E-state index contributed by atoms with van der Waals surface area (Å²) in [5.41, 5.74) is 9.42. The van der Waals surface area contributed by atoms with E-state index in [4.69, 9.17) is 10.5 Å². The van der Waals surface area contributed by atoms with Crippen molar-refractivity contribution < 1.29 is 4.74 Å². The number of aryl methyl sites for hydroxylation is 1. The first kappa shape index (κ1) is 10.5. The SMILES string of the molecule is COc1ccc(C)cc1-c1ncccc1N. The van der Waals surface area contributed by atoms with Crippen molar-refractivity contribution in [2.75, 3.05) is 12.8 Å². The third kappa shape index (κ3) is 1.84. The summed E-state index contributed by atoms with van der Waals surface area (Å²) in [6.45, 7) is 2.03. The topological polar surface area (TPSA) is 48.1 Å². The first-order valence-electron chi connectivity index (χ1n) is 5.08. The molecule has 3 heteroatoms. The highest BCUT2D eigenvalue weighted by Crippen LogP contribution is 2.32. The summed E-state index contributed by atoms with van der Waals surface area (Å²) in [5, 5.41) is 0. The summed E-state index contributed by atoms with van der Waals surface area (Å²) in [6.07, 6.45) is 1.73. The summed E-state index contributed by atoms with van der Waals surface area (Å²) >= 11 is 0. The molecule has 3 nitrogen and oxygen atoms in total. The van der Waals surface area contributed by atoms with Crippen LogP contribution in [0.25, 0.3) is 11.3 Å². The van der Waals surface area contributed by atoms with E-state index in [1.807, 2.05) is 37.3 Å². The number of methoxy groups -OCH3 is 1. The number of aromatic nitrogens is 1. The van der Waals surface area contributed by atoms with Crippen LogP contribution in [0.4, 0.5) is 5.69 Å². The van der Waals surface area contributed by atoms with Crippen LogP contribution in [0.5, 0.6) is 5.75 Å². The quantitative estimate of drug-likeness (QED) is 0.836. The van der Waals surface area contributed by atoms with Crippen LogP contribution in [0, 0.1) is 6.92 Å². The number of anilines is 1. The minimum Gasteiger partial charge on any atom is -0.496 e. The molecule has 0 radical (unpaired) electrons. The molecule has 0 spiro atoms. The Labute approximate surface area is 94.9 Å². The third-order valence-corrected chi connectivity index (χ3v) is 2.45. The highest BCUT2D eigenvalue weighted by Gasteiger charge is 2.09. The number of benzene rings is 1. The van der Waals surface area contributed by atoms with E-state index in [1.54, 1.807) is 13.3 Å². The van der Waals surface area contributed by atoms with Crippen LogP contribution in [0.1, 0.15) is 5.56 Å². The number of ether oxygens (including phenoxy) is 1. The Balaban J connectivity index is 2.63. The average molecular weight is 214 g/mol. The van der Waals surface area contributed by atoms with Gasteiger partial charge in [-0.2, -0.15) is 0 Å². The van der Waals surface area contributed by atoms with E-state index >= 15 is 0 Å². The predicted molar refractivity (Wildman–Crippen MR) is 65.4 cm³/mol. The summed E-state index contributed by atoms with van der Waals surface area (Å²) in [4.78, 5) is 4.29. The average Bonchev–Trinajstić information content (AvgIpc) is 2.29. The molecule has 82 valence electrons. The van der Waals surface area contributed by atoms with E-state index in [-0.39, 0.29) is 0 Å². The van der Waals surface area contributed by atoms with Gasteiger partial charge in [0.05, 0.1) is 18.5 Å². The number of nitrogen functional groups attached to an aromatic ring is 1. The van der Waals surface area contributed by atoms with Gasteiger partial charge in [0, 0.05) is 11.8 Å². The second-order valence-electron chi connectivity index (χ2n) is 3.64. The zero-order chi connectivity index (χ0) is 11.5. The molecule has 0 amide bonds. The maximum absolute atomic E-state index is 5.91. The first-order valence-corrected chi connectivity index (χ1v) is 5.08. The van der Waals surface area contributed by atoms with E-state index in [9.17, 15) is 0 Å². The Morgan fingerprint density at radius 2 is 2.06 bits per heavy atom. The zero-order valence-electron chi connectivity index (χ0n) is 9.40. The van der Waals surface area contributed by atoms with Crippen LogP contribution in [-0.4, -0.2) is 12.1 Å². The van der Waals surface area contributed by atoms with E-state index in [0.717, 1.165) is 22.6 Å². The third-order valence-electron chi connectivity index (χ3n) is 2.45. The largest absolute Gasteiger partial charge is 0.496 e. The molecule has 0 aliphatic heterocycles. The molecule has 0 aliphatic rings. The summed E-state index contributed by atoms with van der Waals surface area (Å²) in [5.74, 6) is 0.788. The summed E-state index contributed by atoms with van der Waals surface area (Å²) in [7, 11) is 1.65. The van der Waals surface area contributed by atoms with Gasteiger partial charge in [-0.1, -0.05) is 11.6 Å². The molecule has 2 rings (SSSR count). The van der Waals surface area contributed by atoms with Crippen molar-refractivity contribution >= 4 is 5.69 Å². The Kier molecular flexibility index (Phi) is 2.77. The van der Waals surface area contributed by atoms with Gasteiger partial charge in [0.15, 0.2) is 0 Å². The number of rotatable bonds is 2. The van der Waals surface area contributed by atoms with E-state index in [0.29, 0.717) is 5.69 Å². The fourth-order valence-corrected chi connectivity index (χ4v) is 1.65. The molecule has 0 bridgehead atoms. The molecule has 1 aromatic heterocycles. The van der Waals surface area contributed by atoms with Gasteiger partial charge in [0.25, 0.3) is 0 Å². The van der Waals surface area contributed by atoms with Crippen molar-refractivity contribution in [1.82, 2.24) is 4.98 Å². The Morgan fingerprint density at radius 3 is 2.75 bits per heavy atom. The van der Waals surface area contributed by atoms with Crippen LogP contribution in [0.15, 0.2) is 36.5 Å². The monoisotopic (exact) mass is 214 g/mol. The molecule has 2 N–H and O–H groups in total. The van der Waals surface area contributed by atoms with Gasteiger partial charge >= 0.3 is 0 Å². The molecular formula is C13H14N2O. The van der Waals surface area contributed by atoms with Crippen molar-refractivity contribution in [1.29, 1.82) is 0 Å². The van der Waals surface area contributed by atoms with Crippen LogP contribution < -0.4 is 10.5 Å². The molecular weight excluding hydrogens is 200 g/mol. The van der Waals surface area contributed by atoms with E-state index in [1.165, 1.54) is 0 Å². The number of hydrogen-bond donors (Lipinski definition) is 1. The Bertz CT molecular complexity index is 509. The summed E-state index contributed by atoms with van der Waals surface area (Å²) in [6, 6.07) is 9.61. The first-order chi connectivity index (χ1) is 7.72. The van der Waals surface area contributed by atoms with Crippen LogP contribution in [0.2, 0.25) is 0 Å². The Hall–Kier alpha value is -2.03. The molecule has 0 saturated heterocycles. The second kappa shape index (κ2) is 4.23. The standard InChI is InChI=1S/C13H14N2O/c1-9-5-6-12(16-2)10(8-9)13-11(14)4-3-7-15-13/h3-8H,14H2,1-2H3. The van der Waals surface area contributed by atoms with E-state index in [2.05, 4.69) is 4.98 Å². The van der Waals surface area contributed by atoms with Crippen LogP contribution in [-0.2, 0) is 0 Å². The van der Waals surface area contributed by atoms with Crippen molar-refractivity contribution in [2.45, 2.75) is 6.92 Å². The molecule has 0 atom stereocenters. The highest BCUT2D eigenvalue weighted by atomic mass is 16.5. The maximum atomic E-state index is 5.91. The molecule has 0 fully saturated rings. The number of nitrogens with zero attached hydrogens (tertiary/aromatic N) is 1. The molecule has 0 unspecified atom stereocenters. The highest BCUT2D eigenvalue weighted by molar-refractivity contribution is 5.77. The minimum absolute atomic E-state index is 0.659. The lowest BCUT2D eigenvalue weighted by Gasteiger charge is -2.10. The van der Waals surface area contributed by atoms with Gasteiger partial charge in [0.2, 0.25) is 0 Å². The number of hydrogen-bond acceptors (Lipinski definition) is 3. The van der Waals surface area contributed by atoms with Gasteiger partial charge < -0.3 is 10.5 Å². The maximum Gasteiger partial charge on any atom is 0.128 e. The smallest absolute Gasteiger partial charge is 0.128 e. The molecule has 0 aliphatic carbocycles. The minimum atomic E-state index is 0.659. The van der Waals surface area contributed by atoms with Gasteiger partial charge in [-0.15, -0.1) is 0 Å². The normalized spacial score (nSPS) is 10.1. The van der Waals surface area contributed by atoms with Gasteiger partial charge in [-0.05, 0) is 31.2 Å². The molecule has 16 heavy (non-hydrogen) atoms. The lowest BCUT2D eigenvalue weighted by molar-refractivity contribution is 0.416. The van der Waals surface area contributed by atoms with Crippen molar-refractivity contribution in [3.05, 3.63) is 42.1 Å². The van der Waals surface area contributed by atoms with Crippen LogP contribution in [0.3, 0.4) is 0 Å².